The van der Waals surface area contributed by atoms with Crippen LogP contribution in [0, 0.1) is 17.5 Å². The van der Waals surface area contributed by atoms with Gasteiger partial charge in [-0.05, 0) is 48.0 Å². The first-order chi connectivity index (χ1) is 16.7. The van der Waals surface area contributed by atoms with Crippen LogP contribution in [0.15, 0.2) is 53.5 Å². The van der Waals surface area contributed by atoms with E-state index in [0.29, 0.717) is 18.2 Å². The predicted octanol–water partition coefficient (Wildman–Crippen LogP) is 4.73. The van der Waals surface area contributed by atoms with Gasteiger partial charge in [0, 0.05) is 25.4 Å². The molecular weight excluding hydrogens is 461 g/mol. The highest BCUT2D eigenvalue weighted by Crippen LogP contribution is 2.41. The molecule has 0 saturated heterocycles. The lowest BCUT2D eigenvalue weighted by Gasteiger charge is -2.19. The molecule has 0 saturated carbocycles. The van der Waals surface area contributed by atoms with Gasteiger partial charge in [-0.2, -0.15) is 0 Å². The van der Waals surface area contributed by atoms with E-state index in [1.165, 1.54) is 7.11 Å². The van der Waals surface area contributed by atoms with Crippen LogP contribution in [0.5, 0.6) is 5.75 Å². The summed E-state index contributed by atoms with van der Waals surface area (Å²) in [6, 6.07) is 9.12. The first-order valence-corrected chi connectivity index (χ1v) is 10.6. The van der Waals surface area contributed by atoms with Crippen molar-refractivity contribution in [3.8, 4) is 22.6 Å². The lowest BCUT2D eigenvalue weighted by molar-refractivity contribution is 0.0695. The number of nitrogens with zero attached hydrogens (tertiary/aromatic N) is 2. The highest BCUT2D eigenvalue weighted by Gasteiger charge is 2.26. The molecule has 0 atom stereocenters. The normalized spacial score (nSPS) is 13.3. The third-order valence-corrected chi connectivity index (χ3v) is 6.17. The number of hydrogen-bond donors (Lipinski definition) is 1. The molecule has 1 aliphatic heterocycles. The molecule has 0 aliphatic carbocycles. The van der Waals surface area contributed by atoms with Crippen LogP contribution in [-0.4, -0.2) is 34.7 Å². The van der Waals surface area contributed by atoms with E-state index in [0.717, 1.165) is 46.6 Å². The molecule has 178 valence electrons. The third kappa shape index (κ3) is 3.64. The Morgan fingerprint density at radius 1 is 1.00 bits per heavy atom. The number of carboxylic acids is 1. The van der Waals surface area contributed by atoms with Gasteiger partial charge in [0.25, 0.3) is 0 Å². The van der Waals surface area contributed by atoms with Crippen LogP contribution in [0.25, 0.3) is 27.7 Å². The summed E-state index contributed by atoms with van der Waals surface area (Å²) in [7, 11) is 3.24. The molecule has 4 aromatic rings. The average Bonchev–Trinajstić information content (AvgIpc) is 3.18. The number of hydrogen-bond acceptors (Lipinski definition) is 4. The van der Waals surface area contributed by atoms with Crippen molar-refractivity contribution in [2.75, 3.05) is 14.2 Å². The Labute approximate surface area is 197 Å². The Morgan fingerprint density at radius 2 is 1.74 bits per heavy atom. The number of aromatic nitrogens is 1. The molecule has 0 bridgehead atoms. The molecule has 6 nitrogen and oxygen atoms in total. The fourth-order valence-corrected chi connectivity index (χ4v) is 4.63. The molecule has 35 heavy (non-hydrogen) atoms. The predicted molar refractivity (Wildman–Crippen MR) is 124 cm³/mol. The number of fused-ring (bicyclic) bond motifs is 2. The Hall–Kier alpha value is -4.11. The second kappa shape index (κ2) is 8.28. The number of carboxylic acid groups (broad SMARTS) is 1. The van der Waals surface area contributed by atoms with Gasteiger partial charge in [-0.3, -0.25) is 9.69 Å². The number of methoxy groups -OCH3 is 1. The fraction of sp³-hybridized carbons (Fsp3) is 0.154. The lowest BCUT2D eigenvalue weighted by Crippen LogP contribution is -2.19. The Kier molecular flexibility index (Phi) is 5.36. The van der Waals surface area contributed by atoms with Crippen LogP contribution in [0.3, 0.4) is 0 Å². The van der Waals surface area contributed by atoms with Gasteiger partial charge in [0.2, 0.25) is 5.43 Å². The zero-order valence-corrected chi connectivity index (χ0v) is 18.7. The van der Waals surface area contributed by atoms with Crippen LogP contribution in [0.2, 0.25) is 0 Å². The van der Waals surface area contributed by atoms with Gasteiger partial charge in [0.15, 0.2) is 5.75 Å². The Morgan fingerprint density at radius 3 is 2.43 bits per heavy atom. The van der Waals surface area contributed by atoms with Gasteiger partial charge in [-0.15, -0.1) is 0 Å². The minimum Gasteiger partial charge on any atom is -0.494 e. The quantitative estimate of drug-likeness (QED) is 0.458. The molecule has 2 heterocycles. The summed E-state index contributed by atoms with van der Waals surface area (Å²) in [6.45, 7) is 1.43. The van der Waals surface area contributed by atoms with Gasteiger partial charge >= 0.3 is 5.97 Å². The summed E-state index contributed by atoms with van der Waals surface area (Å²) >= 11 is 0. The molecule has 1 aromatic heterocycles. The molecule has 1 aliphatic rings. The molecule has 0 amide bonds. The van der Waals surface area contributed by atoms with Crippen molar-refractivity contribution in [1.82, 2.24) is 9.47 Å². The highest BCUT2D eigenvalue weighted by molar-refractivity contribution is 5.98. The highest BCUT2D eigenvalue weighted by atomic mass is 19.1. The number of rotatable bonds is 4. The Bertz CT molecular complexity index is 1600. The van der Waals surface area contributed by atoms with E-state index in [4.69, 9.17) is 4.74 Å². The van der Waals surface area contributed by atoms with E-state index in [1.807, 2.05) is 19.2 Å². The molecule has 3 aromatic carbocycles. The summed E-state index contributed by atoms with van der Waals surface area (Å²) < 4.78 is 50.6. The van der Waals surface area contributed by atoms with E-state index in [2.05, 4.69) is 4.90 Å². The van der Waals surface area contributed by atoms with Gasteiger partial charge in [-0.25, -0.2) is 18.0 Å². The number of pyridine rings is 1. The number of aromatic carboxylic acids is 1. The SMILES string of the molecule is COc1c(-c2ccc3c(c2)CN(C)C3)c(F)cc2c(=O)c(C(=O)O)cn(-c3ccc(F)cc3F)c12. The standard InChI is InChI=1S/C26H19F3N2O4/c1-30-10-14-4-3-13(7-15(14)11-30)22-20(29)9-17-23(25(22)35-2)31(12-18(24(17)32)26(33)34)21-6-5-16(27)8-19(21)28/h3-9,12H,10-11H2,1-2H3,(H,33,34). The first kappa shape index (κ1) is 22.7. The second-order valence-corrected chi connectivity index (χ2v) is 8.46. The van der Waals surface area contributed by atoms with Crippen molar-refractivity contribution in [1.29, 1.82) is 0 Å². The zero-order chi connectivity index (χ0) is 25.0. The number of ether oxygens (including phenoxy) is 1. The van der Waals surface area contributed by atoms with Gasteiger partial charge < -0.3 is 14.4 Å². The van der Waals surface area contributed by atoms with Crippen LogP contribution in [0.1, 0.15) is 21.5 Å². The largest absolute Gasteiger partial charge is 0.494 e. The van der Waals surface area contributed by atoms with Crippen molar-refractivity contribution >= 4 is 16.9 Å². The van der Waals surface area contributed by atoms with Crippen LogP contribution in [0.4, 0.5) is 13.2 Å². The summed E-state index contributed by atoms with van der Waals surface area (Å²) in [5, 5.41) is 9.24. The van der Waals surface area contributed by atoms with Gasteiger partial charge in [-0.1, -0.05) is 12.1 Å². The zero-order valence-electron chi connectivity index (χ0n) is 18.7. The van der Waals surface area contributed by atoms with Crippen molar-refractivity contribution in [3.63, 3.8) is 0 Å². The fourth-order valence-electron chi connectivity index (χ4n) is 4.63. The monoisotopic (exact) mass is 480 g/mol. The van der Waals surface area contributed by atoms with E-state index in [1.54, 1.807) is 6.07 Å². The molecule has 0 unspecified atom stereocenters. The van der Waals surface area contributed by atoms with Crippen LogP contribution in [-0.2, 0) is 13.1 Å². The van der Waals surface area contributed by atoms with Gasteiger partial charge in [0.1, 0.15) is 28.5 Å². The van der Waals surface area contributed by atoms with Crippen molar-refractivity contribution < 1.29 is 27.8 Å². The maximum absolute atomic E-state index is 15.6. The maximum atomic E-state index is 15.6. The molecule has 0 fully saturated rings. The second-order valence-electron chi connectivity index (χ2n) is 8.46. The molecule has 0 radical (unpaired) electrons. The van der Waals surface area contributed by atoms with Crippen molar-refractivity contribution in [3.05, 3.63) is 93.0 Å². The summed E-state index contributed by atoms with van der Waals surface area (Å²) in [6.07, 6.45) is 0.936. The van der Waals surface area contributed by atoms with E-state index >= 15 is 4.39 Å². The smallest absolute Gasteiger partial charge is 0.341 e. The van der Waals surface area contributed by atoms with Crippen LogP contribution < -0.4 is 10.2 Å². The molecule has 5 rings (SSSR count). The Balaban J connectivity index is 1.90. The molecule has 0 spiro atoms. The molecule has 9 heteroatoms. The summed E-state index contributed by atoms with van der Waals surface area (Å²) in [5.74, 6) is -4.29. The van der Waals surface area contributed by atoms with Crippen molar-refractivity contribution in [2.24, 2.45) is 0 Å². The lowest BCUT2D eigenvalue weighted by atomic mass is 9.97. The number of benzene rings is 3. The maximum Gasteiger partial charge on any atom is 0.341 e. The third-order valence-electron chi connectivity index (χ3n) is 6.17. The van der Waals surface area contributed by atoms with E-state index in [-0.39, 0.29) is 27.9 Å². The average molecular weight is 480 g/mol. The first-order valence-electron chi connectivity index (χ1n) is 10.6. The molecular formula is C26H19F3N2O4. The topological polar surface area (TPSA) is 71.8 Å². The van der Waals surface area contributed by atoms with Crippen LogP contribution >= 0.6 is 0 Å². The summed E-state index contributed by atoms with van der Waals surface area (Å²) in [5.41, 5.74) is 0.712. The number of halogens is 3. The van der Waals surface area contributed by atoms with Crippen molar-refractivity contribution in [2.45, 2.75) is 13.1 Å². The summed E-state index contributed by atoms with van der Waals surface area (Å²) in [4.78, 5) is 26.8. The minimum atomic E-state index is -1.57. The van der Waals surface area contributed by atoms with Gasteiger partial charge in [0.05, 0.1) is 23.7 Å². The molecule has 1 N–H and O–H groups in total. The van der Waals surface area contributed by atoms with E-state index < -0.39 is 34.4 Å². The minimum absolute atomic E-state index is 0.0381. The number of carbonyl (C=O) groups is 1. The van der Waals surface area contributed by atoms with E-state index in [9.17, 15) is 23.5 Å².